The zero-order valence-corrected chi connectivity index (χ0v) is 12.4. The topological polar surface area (TPSA) is 37.4 Å². The van der Waals surface area contributed by atoms with Crippen LogP contribution in [0.4, 0.5) is 5.82 Å². The van der Waals surface area contributed by atoms with E-state index >= 15 is 0 Å². The van der Waals surface area contributed by atoms with Crippen LogP contribution in [0.5, 0.6) is 0 Å². The number of nitrogens with one attached hydrogen (secondary N) is 1. The first-order chi connectivity index (χ1) is 9.10. The molecule has 1 N–H and O–H groups in total. The first-order valence-corrected chi connectivity index (χ1v) is 7.16. The Morgan fingerprint density at radius 2 is 2.21 bits per heavy atom. The van der Waals surface area contributed by atoms with Crippen LogP contribution in [0.1, 0.15) is 32.0 Å². The number of hydrogen-bond acceptors (Lipinski definition) is 4. The van der Waals surface area contributed by atoms with Crippen LogP contribution in [0.3, 0.4) is 0 Å². The third-order valence-corrected chi connectivity index (χ3v) is 3.48. The molecule has 0 aromatic carbocycles. The van der Waals surface area contributed by atoms with Crippen molar-refractivity contribution in [2.45, 2.75) is 46.4 Å². The molecule has 1 fully saturated rings. The molecule has 4 nitrogen and oxygen atoms in total. The summed E-state index contributed by atoms with van der Waals surface area (Å²) < 4.78 is 5.69. The fourth-order valence-electron chi connectivity index (χ4n) is 2.46. The number of hydrogen-bond donors (Lipinski definition) is 1. The van der Waals surface area contributed by atoms with Gasteiger partial charge >= 0.3 is 0 Å². The highest BCUT2D eigenvalue weighted by molar-refractivity contribution is 5.44. The number of rotatable bonds is 4. The van der Waals surface area contributed by atoms with Crippen molar-refractivity contribution >= 4 is 5.82 Å². The molecule has 1 saturated heterocycles. The lowest BCUT2D eigenvalue weighted by molar-refractivity contribution is 0.0340. The average Bonchev–Trinajstić information content (AvgIpc) is 2.38. The highest BCUT2D eigenvalue weighted by Crippen LogP contribution is 2.21. The number of aryl methyl sites for hydroxylation is 1. The van der Waals surface area contributed by atoms with Gasteiger partial charge in [0.05, 0.1) is 18.8 Å². The number of morpholine rings is 1. The first-order valence-electron chi connectivity index (χ1n) is 7.16. The van der Waals surface area contributed by atoms with E-state index in [4.69, 9.17) is 9.72 Å². The van der Waals surface area contributed by atoms with Gasteiger partial charge in [0.25, 0.3) is 0 Å². The van der Waals surface area contributed by atoms with Gasteiger partial charge in [0, 0.05) is 18.8 Å². The molecule has 4 heteroatoms. The highest BCUT2D eigenvalue weighted by Gasteiger charge is 2.24. The minimum atomic E-state index is 0.274. The lowest BCUT2D eigenvalue weighted by Crippen LogP contribution is -2.47. The quantitative estimate of drug-likeness (QED) is 0.903. The van der Waals surface area contributed by atoms with Gasteiger partial charge in [-0.3, -0.25) is 0 Å². The van der Waals surface area contributed by atoms with Gasteiger partial charge in [0.2, 0.25) is 0 Å². The Bertz CT molecular complexity index is 422. The molecule has 0 bridgehead atoms. The lowest BCUT2D eigenvalue weighted by atomic mass is 10.1. The SMILES string of the molecule is CCNCc1cc(C)nc(N2CC(C)OCC2C)c1. The summed E-state index contributed by atoms with van der Waals surface area (Å²) in [4.78, 5) is 7.05. The summed E-state index contributed by atoms with van der Waals surface area (Å²) in [5.41, 5.74) is 2.38. The molecule has 19 heavy (non-hydrogen) atoms. The predicted octanol–water partition coefficient (Wildman–Crippen LogP) is 2.11. The Labute approximate surface area is 116 Å². The average molecular weight is 263 g/mol. The maximum atomic E-state index is 5.69. The Morgan fingerprint density at radius 3 is 2.95 bits per heavy atom. The maximum Gasteiger partial charge on any atom is 0.129 e. The zero-order valence-electron chi connectivity index (χ0n) is 12.4. The number of aromatic nitrogens is 1. The Balaban J connectivity index is 2.20. The second-order valence-corrected chi connectivity index (χ2v) is 5.40. The van der Waals surface area contributed by atoms with Crippen molar-refractivity contribution in [3.05, 3.63) is 23.4 Å². The molecule has 2 heterocycles. The molecule has 106 valence electrons. The third kappa shape index (κ3) is 3.67. The fraction of sp³-hybridized carbons (Fsp3) is 0.667. The van der Waals surface area contributed by atoms with Gasteiger partial charge in [0.1, 0.15) is 5.82 Å². The molecule has 0 saturated carbocycles. The van der Waals surface area contributed by atoms with Gasteiger partial charge in [-0.15, -0.1) is 0 Å². The summed E-state index contributed by atoms with van der Waals surface area (Å²) >= 11 is 0. The summed E-state index contributed by atoms with van der Waals surface area (Å²) in [6.45, 7) is 12.1. The van der Waals surface area contributed by atoms with Crippen LogP contribution in [0.2, 0.25) is 0 Å². The molecular formula is C15H25N3O. The molecule has 0 spiro atoms. The number of nitrogens with zero attached hydrogens (tertiary/aromatic N) is 2. The van der Waals surface area contributed by atoms with Crippen molar-refractivity contribution in [3.63, 3.8) is 0 Å². The maximum absolute atomic E-state index is 5.69. The van der Waals surface area contributed by atoms with E-state index in [1.54, 1.807) is 0 Å². The first kappa shape index (κ1) is 14.3. The molecular weight excluding hydrogens is 238 g/mol. The second-order valence-electron chi connectivity index (χ2n) is 5.40. The number of anilines is 1. The summed E-state index contributed by atoms with van der Waals surface area (Å²) in [6.07, 6.45) is 0.274. The van der Waals surface area contributed by atoms with Crippen LogP contribution in [0, 0.1) is 6.92 Å². The Hall–Kier alpha value is -1.13. The largest absolute Gasteiger partial charge is 0.375 e. The van der Waals surface area contributed by atoms with Crippen molar-refractivity contribution in [2.24, 2.45) is 0 Å². The van der Waals surface area contributed by atoms with E-state index in [1.807, 2.05) is 0 Å². The smallest absolute Gasteiger partial charge is 0.129 e. The third-order valence-electron chi connectivity index (χ3n) is 3.48. The number of pyridine rings is 1. The van der Waals surface area contributed by atoms with E-state index in [9.17, 15) is 0 Å². The van der Waals surface area contributed by atoms with E-state index in [-0.39, 0.29) is 6.10 Å². The summed E-state index contributed by atoms with van der Waals surface area (Å²) in [5, 5.41) is 3.37. The number of ether oxygens (including phenoxy) is 1. The Morgan fingerprint density at radius 1 is 1.42 bits per heavy atom. The molecule has 0 aliphatic carbocycles. The van der Waals surface area contributed by atoms with Crippen molar-refractivity contribution in [2.75, 3.05) is 24.6 Å². The van der Waals surface area contributed by atoms with Gasteiger partial charge in [0.15, 0.2) is 0 Å². The minimum absolute atomic E-state index is 0.274. The van der Waals surface area contributed by atoms with Crippen LogP contribution in [-0.2, 0) is 11.3 Å². The summed E-state index contributed by atoms with van der Waals surface area (Å²) in [5.74, 6) is 1.08. The fourth-order valence-corrected chi connectivity index (χ4v) is 2.46. The molecule has 2 rings (SSSR count). The molecule has 1 aromatic rings. The standard InChI is InChI=1S/C15H25N3O/c1-5-16-8-14-6-11(2)17-15(7-14)18-9-13(4)19-10-12(18)3/h6-7,12-13,16H,5,8-10H2,1-4H3. The van der Waals surface area contributed by atoms with E-state index in [2.05, 4.69) is 50.0 Å². The summed E-state index contributed by atoms with van der Waals surface area (Å²) in [6, 6.07) is 4.74. The van der Waals surface area contributed by atoms with Crippen molar-refractivity contribution in [1.82, 2.24) is 10.3 Å². The van der Waals surface area contributed by atoms with Crippen LogP contribution < -0.4 is 10.2 Å². The van der Waals surface area contributed by atoms with Crippen LogP contribution >= 0.6 is 0 Å². The molecule has 1 aromatic heterocycles. The van der Waals surface area contributed by atoms with Crippen LogP contribution in [0.15, 0.2) is 12.1 Å². The normalized spacial score (nSPS) is 23.7. The van der Waals surface area contributed by atoms with Crippen molar-refractivity contribution < 1.29 is 4.74 Å². The minimum Gasteiger partial charge on any atom is -0.375 e. The van der Waals surface area contributed by atoms with E-state index in [1.165, 1.54) is 5.56 Å². The van der Waals surface area contributed by atoms with Gasteiger partial charge in [-0.25, -0.2) is 4.98 Å². The van der Waals surface area contributed by atoms with Crippen molar-refractivity contribution in [3.8, 4) is 0 Å². The monoisotopic (exact) mass is 263 g/mol. The molecule has 0 radical (unpaired) electrons. The summed E-state index contributed by atoms with van der Waals surface area (Å²) in [7, 11) is 0. The lowest BCUT2D eigenvalue weighted by Gasteiger charge is -2.38. The molecule has 1 aliphatic rings. The second kappa shape index (κ2) is 6.35. The van der Waals surface area contributed by atoms with E-state index in [0.717, 1.165) is 37.8 Å². The highest BCUT2D eigenvalue weighted by atomic mass is 16.5. The van der Waals surface area contributed by atoms with Crippen LogP contribution in [0.25, 0.3) is 0 Å². The molecule has 1 aliphatic heterocycles. The predicted molar refractivity (Wildman–Crippen MR) is 78.6 cm³/mol. The van der Waals surface area contributed by atoms with Gasteiger partial charge < -0.3 is 15.0 Å². The molecule has 2 atom stereocenters. The van der Waals surface area contributed by atoms with Gasteiger partial charge in [-0.2, -0.15) is 0 Å². The van der Waals surface area contributed by atoms with Gasteiger partial charge in [-0.05, 0) is 45.0 Å². The van der Waals surface area contributed by atoms with Gasteiger partial charge in [-0.1, -0.05) is 6.92 Å². The zero-order chi connectivity index (χ0) is 13.8. The Kier molecular flexibility index (Phi) is 4.77. The van der Waals surface area contributed by atoms with E-state index < -0.39 is 0 Å². The molecule has 0 amide bonds. The van der Waals surface area contributed by atoms with Crippen molar-refractivity contribution in [1.29, 1.82) is 0 Å². The molecule has 2 unspecified atom stereocenters. The van der Waals surface area contributed by atoms with Crippen LogP contribution in [-0.4, -0.2) is 36.8 Å². The van der Waals surface area contributed by atoms with E-state index in [0.29, 0.717) is 6.04 Å².